The molecule has 6 fully saturated rings. The van der Waals surface area contributed by atoms with Gasteiger partial charge < -0.3 is 11.1 Å². The fourth-order valence-corrected chi connectivity index (χ4v) is 11.1. The smallest absolute Gasteiger partial charge is 0.233 e. The maximum atomic E-state index is 13.4. The Morgan fingerprint density at radius 1 is 0.763 bits per heavy atom. The van der Waals surface area contributed by atoms with Gasteiger partial charge in [-0.2, -0.15) is 0 Å². The highest BCUT2D eigenvalue weighted by molar-refractivity contribution is 8.01. The quantitative estimate of drug-likeness (QED) is 0.440. The standard InChI is InChI=1S/C31H52N4O2S/c32-30(36)23-16-17-35-27(19-23)34-28(21-10-5-2-6-11-21)29(35)22-12-7-13-24(18-22)33-31(37)26-15-14-25(38-26)20-8-3-1-4-9-20/h20-29,34H,1-19H2,(H2,32,36)(H,33,37). The maximum absolute atomic E-state index is 13.4. The largest absolute Gasteiger partial charge is 0.369 e. The van der Waals surface area contributed by atoms with Gasteiger partial charge in [0, 0.05) is 35.8 Å². The van der Waals surface area contributed by atoms with Crippen LogP contribution in [0.15, 0.2) is 0 Å². The molecule has 0 radical (unpaired) electrons. The minimum Gasteiger partial charge on any atom is -0.369 e. The van der Waals surface area contributed by atoms with Crippen molar-refractivity contribution in [1.82, 2.24) is 15.5 Å². The van der Waals surface area contributed by atoms with Crippen molar-refractivity contribution in [1.29, 1.82) is 0 Å². The van der Waals surface area contributed by atoms with Gasteiger partial charge in [-0.15, -0.1) is 11.8 Å². The van der Waals surface area contributed by atoms with Gasteiger partial charge >= 0.3 is 0 Å². The third-order valence-corrected chi connectivity index (χ3v) is 13.2. The highest BCUT2D eigenvalue weighted by Crippen LogP contribution is 2.45. The Kier molecular flexibility index (Phi) is 8.92. The highest BCUT2D eigenvalue weighted by Gasteiger charge is 2.50. The van der Waals surface area contributed by atoms with Crippen LogP contribution in [0.1, 0.15) is 116 Å². The zero-order chi connectivity index (χ0) is 26.1. The summed E-state index contributed by atoms with van der Waals surface area (Å²) in [6, 6.07) is 1.38. The summed E-state index contributed by atoms with van der Waals surface area (Å²) < 4.78 is 0. The first-order valence-electron chi connectivity index (χ1n) is 16.3. The van der Waals surface area contributed by atoms with E-state index in [0.717, 1.165) is 50.5 Å². The van der Waals surface area contributed by atoms with E-state index in [1.165, 1.54) is 83.5 Å². The van der Waals surface area contributed by atoms with E-state index in [-0.39, 0.29) is 17.1 Å². The van der Waals surface area contributed by atoms with Crippen LogP contribution in [-0.2, 0) is 9.59 Å². The van der Waals surface area contributed by atoms with E-state index >= 15 is 0 Å². The molecule has 6 rings (SSSR count). The number of hydrogen-bond acceptors (Lipinski definition) is 5. The summed E-state index contributed by atoms with van der Waals surface area (Å²) in [5.74, 6) is 2.42. The number of thioether (sulfide) groups is 1. The Labute approximate surface area is 234 Å². The number of nitrogens with one attached hydrogen (secondary N) is 2. The Morgan fingerprint density at radius 2 is 1.47 bits per heavy atom. The van der Waals surface area contributed by atoms with E-state index in [4.69, 9.17) is 5.73 Å². The molecule has 6 aliphatic rings. The third kappa shape index (κ3) is 5.95. The van der Waals surface area contributed by atoms with Crippen LogP contribution >= 0.6 is 11.8 Å². The minimum absolute atomic E-state index is 0.00856. The summed E-state index contributed by atoms with van der Waals surface area (Å²) >= 11 is 2.01. The molecule has 3 saturated heterocycles. The molecule has 0 aromatic heterocycles. The lowest BCUT2D eigenvalue weighted by molar-refractivity contribution is -0.124. The number of fused-ring (bicyclic) bond motifs is 1. The molecule has 6 nitrogen and oxygen atoms in total. The van der Waals surface area contributed by atoms with Crippen molar-refractivity contribution in [3.63, 3.8) is 0 Å². The molecule has 3 aliphatic carbocycles. The lowest BCUT2D eigenvalue weighted by Gasteiger charge is -2.43. The fraction of sp³-hybridized carbons (Fsp3) is 0.935. The lowest BCUT2D eigenvalue weighted by atomic mass is 9.73. The Morgan fingerprint density at radius 3 is 2.21 bits per heavy atom. The van der Waals surface area contributed by atoms with Gasteiger partial charge in [-0.3, -0.25) is 19.8 Å². The van der Waals surface area contributed by atoms with Crippen LogP contribution in [0, 0.1) is 23.7 Å². The van der Waals surface area contributed by atoms with Crippen molar-refractivity contribution in [3.05, 3.63) is 0 Å². The van der Waals surface area contributed by atoms with Crippen LogP contribution < -0.4 is 16.4 Å². The van der Waals surface area contributed by atoms with Gasteiger partial charge in [0.2, 0.25) is 11.8 Å². The first-order valence-corrected chi connectivity index (χ1v) is 17.3. The molecule has 0 spiro atoms. The number of carbonyl (C=O) groups excluding carboxylic acids is 2. The molecule has 0 aromatic rings. The van der Waals surface area contributed by atoms with Gasteiger partial charge in [0.1, 0.15) is 0 Å². The molecular formula is C31H52N4O2S. The number of nitrogens with two attached hydrogens (primary N) is 1. The molecule has 3 aliphatic heterocycles. The second kappa shape index (κ2) is 12.4. The molecule has 2 amide bonds. The van der Waals surface area contributed by atoms with Gasteiger partial charge in [0.15, 0.2) is 0 Å². The minimum atomic E-state index is -0.125. The summed E-state index contributed by atoms with van der Waals surface area (Å²) in [6.45, 7) is 0.980. The first kappa shape index (κ1) is 27.4. The topological polar surface area (TPSA) is 87.5 Å². The number of hydrogen-bond donors (Lipinski definition) is 3. The summed E-state index contributed by atoms with van der Waals surface area (Å²) in [5, 5.41) is 8.51. The number of nitrogens with zero attached hydrogens (tertiary/aromatic N) is 1. The zero-order valence-electron chi connectivity index (χ0n) is 23.5. The van der Waals surface area contributed by atoms with Crippen molar-refractivity contribution in [3.8, 4) is 0 Å². The maximum Gasteiger partial charge on any atom is 0.233 e. The van der Waals surface area contributed by atoms with Gasteiger partial charge in [-0.25, -0.2) is 0 Å². The first-order chi connectivity index (χ1) is 18.6. The molecular weight excluding hydrogens is 492 g/mol. The Bertz CT molecular complexity index is 829. The number of carbonyl (C=O) groups is 2. The normalized spacial score (nSPS) is 41.6. The second-order valence-electron chi connectivity index (χ2n) is 13.7. The van der Waals surface area contributed by atoms with E-state index in [0.29, 0.717) is 41.4 Å². The fourth-order valence-electron chi connectivity index (χ4n) is 9.43. The van der Waals surface area contributed by atoms with Crippen molar-refractivity contribution in [2.45, 2.75) is 150 Å². The van der Waals surface area contributed by atoms with Crippen LogP contribution in [-0.4, -0.2) is 58.1 Å². The molecule has 8 unspecified atom stereocenters. The summed E-state index contributed by atoms with van der Waals surface area (Å²) in [6.07, 6.45) is 22.8. The van der Waals surface area contributed by atoms with Gasteiger partial charge in [-0.05, 0) is 88.4 Å². The molecule has 7 heteroatoms. The molecule has 4 N–H and O–H groups in total. The summed E-state index contributed by atoms with van der Waals surface area (Å²) in [5.41, 5.74) is 5.74. The average Bonchev–Trinajstić information content (AvgIpc) is 3.60. The van der Waals surface area contributed by atoms with Crippen LogP contribution in [0.4, 0.5) is 0 Å². The number of primary amides is 1. The zero-order valence-corrected chi connectivity index (χ0v) is 24.3. The summed E-state index contributed by atoms with van der Waals surface area (Å²) in [7, 11) is 0. The molecule has 0 bridgehead atoms. The number of amides is 2. The van der Waals surface area contributed by atoms with Crippen LogP contribution in [0.5, 0.6) is 0 Å². The van der Waals surface area contributed by atoms with E-state index in [2.05, 4.69) is 15.5 Å². The Hall–Kier alpha value is -0.790. The van der Waals surface area contributed by atoms with E-state index in [1.54, 1.807) is 0 Å². The van der Waals surface area contributed by atoms with Crippen molar-refractivity contribution < 1.29 is 9.59 Å². The third-order valence-electron chi connectivity index (χ3n) is 11.4. The molecule has 3 heterocycles. The number of piperidine rings is 1. The van der Waals surface area contributed by atoms with Gasteiger partial charge in [0.05, 0.1) is 11.4 Å². The monoisotopic (exact) mass is 544 g/mol. The molecule has 214 valence electrons. The van der Waals surface area contributed by atoms with Crippen LogP contribution in [0.25, 0.3) is 0 Å². The average molecular weight is 545 g/mol. The lowest BCUT2D eigenvalue weighted by Crippen LogP contribution is -2.52. The van der Waals surface area contributed by atoms with E-state index < -0.39 is 0 Å². The number of rotatable bonds is 6. The van der Waals surface area contributed by atoms with E-state index in [1.807, 2.05) is 11.8 Å². The predicted molar refractivity (Wildman–Crippen MR) is 155 cm³/mol. The van der Waals surface area contributed by atoms with Crippen LogP contribution in [0.2, 0.25) is 0 Å². The molecule has 8 atom stereocenters. The summed E-state index contributed by atoms with van der Waals surface area (Å²) in [4.78, 5) is 28.2. The molecule has 0 aromatic carbocycles. The molecule has 38 heavy (non-hydrogen) atoms. The van der Waals surface area contributed by atoms with Crippen LogP contribution in [0.3, 0.4) is 0 Å². The highest BCUT2D eigenvalue weighted by atomic mass is 32.2. The SMILES string of the molecule is NC(=O)C1CCN2C(C1)NC(C1CCCCC1)C2C1CCCC(NC(=O)C2CCC(C3CCCCC3)S2)C1. The predicted octanol–water partition coefficient (Wildman–Crippen LogP) is 4.95. The van der Waals surface area contributed by atoms with Crippen molar-refractivity contribution >= 4 is 23.6 Å². The molecule has 3 saturated carbocycles. The van der Waals surface area contributed by atoms with Gasteiger partial charge in [0.25, 0.3) is 0 Å². The Balaban J connectivity index is 1.09. The van der Waals surface area contributed by atoms with Crippen molar-refractivity contribution in [2.24, 2.45) is 29.4 Å². The van der Waals surface area contributed by atoms with Crippen molar-refractivity contribution in [2.75, 3.05) is 6.54 Å². The van der Waals surface area contributed by atoms with E-state index in [9.17, 15) is 9.59 Å². The second-order valence-corrected chi connectivity index (χ2v) is 15.2. The van der Waals surface area contributed by atoms with Gasteiger partial charge in [-0.1, -0.05) is 44.9 Å².